The minimum Gasteiger partial charge on any atom is -0.468 e. The van der Waals surface area contributed by atoms with Crippen molar-refractivity contribution in [1.29, 1.82) is 0 Å². The van der Waals surface area contributed by atoms with Crippen molar-refractivity contribution < 1.29 is 9.53 Å². The molecule has 5 rings (SSSR count). The first-order chi connectivity index (χ1) is 11.2. The molecule has 5 heteroatoms. The number of esters is 1. The molecular formula is C18H27N3O2. The lowest BCUT2D eigenvalue weighted by atomic mass is 9.49. The zero-order valence-corrected chi connectivity index (χ0v) is 13.9. The Bertz CT molecular complexity index is 481. The van der Waals surface area contributed by atoms with Gasteiger partial charge in [0.05, 0.1) is 13.2 Å². The molecule has 126 valence electrons. The average molecular weight is 317 g/mol. The number of hydrogen-bond donors (Lipinski definition) is 1. The van der Waals surface area contributed by atoms with Crippen LogP contribution in [0.4, 0.5) is 0 Å². The van der Waals surface area contributed by atoms with Gasteiger partial charge in [-0.1, -0.05) is 0 Å². The second kappa shape index (κ2) is 6.00. The number of carbonyl (C=O) groups excluding carboxylic acids is 1. The highest BCUT2D eigenvalue weighted by molar-refractivity contribution is 5.83. The van der Waals surface area contributed by atoms with Gasteiger partial charge in [0.15, 0.2) is 0 Å². The van der Waals surface area contributed by atoms with Gasteiger partial charge in [0.2, 0.25) is 0 Å². The van der Waals surface area contributed by atoms with Crippen LogP contribution in [0.5, 0.6) is 0 Å². The van der Waals surface area contributed by atoms with Crippen LogP contribution < -0.4 is 5.32 Å². The fourth-order valence-corrected chi connectivity index (χ4v) is 5.92. The number of rotatable bonds is 6. The van der Waals surface area contributed by atoms with E-state index in [1.165, 1.54) is 45.6 Å². The second-order valence-electron chi connectivity index (χ2n) is 8.24. The van der Waals surface area contributed by atoms with E-state index in [1.54, 1.807) is 6.34 Å². The van der Waals surface area contributed by atoms with Crippen LogP contribution in [-0.2, 0) is 9.53 Å². The lowest BCUT2D eigenvalue weighted by Crippen LogP contribution is -2.53. The van der Waals surface area contributed by atoms with Gasteiger partial charge in [0, 0.05) is 19.2 Å². The highest BCUT2D eigenvalue weighted by atomic mass is 16.5. The Morgan fingerprint density at radius 1 is 1.26 bits per heavy atom. The number of nitrogens with one attached hydrogen (secondary N) is 1. The number of nitrogens with zero attached hydrogens (tertiary/aromatic N) is 2. The van der Waals surface area contributed by atoms with Gasteiger partial charge in [-0.2, -0.15) is 0 Å². The molecule has 0 aromatic rings. The van der Waals surface area contributed by atoms with Crippen molar-refractivity contribution in [2.75, 3.05) is 13.7 Å². The minimum absolute atomic E-state index is 0.00274. The van der Waals surface area contributed by atoms with Crippen LogP contribution in [-0.4, -0.2) is 44.3 Å². The molecule has 2 atom stereocenters. The van der Waals surface area contributed by atoms with E-state index in [4.69, 9.17) is 4.74 Å². The van der Waals surface area contributed by atoms with Gasteiger partial charge in [0.1, 0.15) is 12.4 Å². The third kappa shape index (κ3) is 3.08. The number of ether oxygens (including phenoxy) is 1. The third-order valence-electron chi connectivity index (χ3n) is 6.43. The molecule has 0 spiro atoms. The molecule has 0 aromatic heterocycles. The molecule has 1 aliphatic heterocycles. The van der Waals surface area contributed by atoms with Crippen molar-refractivity contribution in [3.8, 4) is 0 Å². The minimum atomic E-state index is -0.278. The first kappa shape index (κ1) is 15.3. The van der Waals surface area contributed by atoms with Gasteiger partial charge in [-0.15, -0.1) is 0 Å². The van der Waals surface area contributed by atoms with Gasteiger partial charge < -0.3 is 10.1 Å². The summed E-state index contributed by atoms with van der Waals surface area (Å²) >= 11 is 0. The SMILES string of the molecule is COC(=O)[C@H](CC1C=NC=N1)NCC12CC3CC(CC(C3)C1)C2. The molecule has 5 nitrogen and oxygen atoms in total. The summed E-state index contributed by atoms with van der Waals surface area (Å²) in [5.41, 5.74) is 0.425. The van der Waals surface area contributed by atoms with Crippen molar-refractivity contribution in [3.63, 3.8) is 0 Å². The predicted molar refractivity (Wildman–Crippen MR) is 89.8 cm³/mol. The lowest BCUT2D eigenvalue weighted by molar-refractivity contribution is -0.143. The molecule has 0 radical (unpaired) electrons. The van der Waals surface area contributed by atoms with Gasteiger partial charge in [0.25, 0.3) is 0 Å². The van der Waals surface area contributed by atoms with E-state index in [-0.39, 0.29) is 18.1 Å². The quantitative estimate of drug-likeness (QED) is 0.764. The first-order valence-corrected chi connectivity index (χ1v) is 9.02. The second-order valence-corrected chi connectivity index (χ2v) is 8.24. The van der Waals surface area contributed by atoms with Crippen LogP contribution in [0.1, 0.15) is 44.9 Å². The fraction of sp³-hybridized carbons (Fsp3) is 0.833. The van der Waals surface area contributed by atoms with Gasteiger partial charge in [-0.3, -0.25) is 9.79 Å². The molecule has 23 heavy (non-hydrogen) atoms. The van der Waals surface area contributed by atoms with Crippen LogP contribution in [0.3, 0.4) is 0 Å². The van der Waals surface area contributed by atoms with E-state index < -0.39 is 0 Å². The maximum absolute atomic E-state index is 12.1. The van der Waals surface area contributed by atoms with E-state index >= 15 is 0 Å². The summed E-state index contributed by atoms with van der Waals surface area (Å²) in [4.78, 5) is 20.4. The fourth-order valence-electron chi connectivity index (χ4n) is 5.92. The van der Waals surface area contributed by atoms with Gasteiger partial charge in [-0.25, -0.2) is 4.99 Å². The van der Waals surface area contributed by atoms with Crippen molar-refractivity contribution in [2.24, 2.45) is 33.2 Å². The topological polar surface area (TPSA) is 63.0 Å². The number of aliphatic imine (C=N–C) groups is 2. The predicted octanol–water partition coefficient (Wildman–Crippen LogP) is 2.21. The summed E-state index contributed by atoms with van der Waals surface area (Å²) < 4.78 is 5.00. The molecule has 0 aromatic carbocycles. The maximum atomic E-state index is 12.1. The Morgan fingerprint density at radius 3 is 2.43 bits per heavy atom. The molecule has 4 bridgehead atoms. The van der Waals surface area contributed by atoms with E-state index in [9.17, 15) is 4.79 Å². The van der Waals surface area contributed by atoms with Crippen LogP contribution in [0, 0.1) is 23.2 Å². The molecule has 0 amide bonds. The van der Waals surface area contributed by atoms with Crippen molar-refractivity contribution in [2.45, 2.75) is 57.0 Å². The zero-order valence-electron chi connectivity index (χ0n) is 13.9. The highest BCUT2D eigenvalue weighted by Gasteiger charge is 2.50. The average Bonchev–Trinajstić information content (AvgIpc) is 3.02. The van der Waals surface area contributed by atoms with Crippen LogP contribution in [0.15, 0.2) is 9.98 Å². The number of methoxy groups -OCH3 is 1. The number of hydrogen-bond acceptors (Lipinski definition) is 5. The normalized spacial score (nSPS) is 41.4. The smallest absolute Gasteiger partial charge is 0.322 e. The molecule has 1 unspecified atom stereocenters. The first-order valence-electron chi connectivity index (χ1n) is 9.02. The van der Waals surface area contributed by atoms with Crippen LogP contribution >= 0.6 is 0 Å². The maximum Gasteiger partial charge on any atom is 0.322 e. The summed E-state index contributed by atoms with van der Waals surface area (Å²) in [6.07, 6.45) is 12.4. The van der Waals surface area contributed by atoms with Crippen LogP contribution in [0.2, 0.25) is 0 Å². The monoisotopic (exact) mass is 317 g/mol. The molecule has 5 aliphatic rings. The van der Waals surface area contributed by atoms with E-state index in [2.05, 4.69) is 15.3 Å². The zero-order chi connectivity index (χ0) is 15.9. The third-order valence-corrected chi connectivity index (χ3v) is 6.43. The Morgan fingerprint density at radius 2 is 1.91 bits per heavy atom. The van der Waals surface area contributed by atoms with E-state index in [0.29, 0.717) is 11.8 Å². The summed E-state index contributed by atoms with van der Waals surface area (Å²) in [5, 5.41) is 3.54. The molecule has 4 saturated carbocycles. The van der Waals surface area contributed by atoms with E-state index in [0.717, 1.165) is 24.3 Å². The van der Waals surface area contributed by atoms with Crippen molar-refractivity contribution >= 4 is 18.5 Å². The molecule has 1 heterocycles. The Hall–Kier alpha value is -1.23. The van der Waals surface area contributed by atoms with Crippen molar-refractivity contribution in [1.82, 2.24) is 5.32 Å². The Balaban J connectivity index is 1.40. The molecule has 1 N–H and O–H groups in total. The van der Waals surface area contributed by atoms with Gasteiger partial charge in [-0.05, 0) is 61.7 Å². The highest BCUT2D eigenvalue weighted by Crippen LogP contribution is 2.59. The number of carbonyl (C=O) groups is 1. The summed E-state index contributed by atoms with van der Waals surface area (Å²) in [6.45, 7) is 0.948. The Kier molecular flexibility index (Phi) is 4.00. The van der Waals surface area contributed by atoms with Gasteiger partial charge >= 0.3 is 5.97 Å². The van der Waals surface area contributed by atoms with Crippen molar-refractivity contribution in [3.05, 3.63) is 0 Å². The molecule has 4 fully saturated rings. The van der Waals surface area contributed by atoms with Crippen LogP contribution in [0.25, 0.3) is 0 Å². The van der Waals surface area contributed by atoms with E-state index in [1.807, 2.05) is 6.21 Å². The summed E-state index contributed by atoms with van der Waals surface area (Å²) in [7, 11) is 1.47. The summed E-state index contributed by atoms with van der Waals surface area (Å²) in [5.74, 6) is 2.63. The molecular weight excluding hydrogens is 290 g/mol. The summed E-state index contributed by atoms with van der Waals surface area (Å²) in [6, 6.07) is -0.275. The Labute approximate surface area is 138 Å². The molecule has 0 saturated heterocycles. The standard InChI is InChI=1S/C18H27N3O2/c1-23-17(22)16(5-15-9-19-11-21-15)20-10-18-6-12-2-13(7-18)4-14(3-12)8-18/h9,11-16,20H,2-8,10H2,1H3/t12?,13?,14?,15?,16-,18?/m0/s1. The molecule has 4 aliphatic carbocycles. The lowest BCUT2D eigenvalue weighted by Gasteiger charge is -2.57. The largest absolute Gasteiger partial charge is 0.468 e.